The smallest absolute Gasteiger partial charge is 0.355 e. The molecule has 0 saturated carbocycles. The molecule has 29 heavy (non-hydrogen) atoms. The van der Waals surface area contributed by atoms with Gasteiger partial charge in [-0.15, -0.1) is 0 Å². The van der Waals surface area contributed by atoms with Crippen molar-refractivity contribution in [3.8, 4) is 0 Å². The monoisotopic (exact) mass is 407 g/mol. The largest absolute Gasteiger partial charge is 0.463 e. The molecule has 0 aromatic carbocycles. The fourth-order valence-electron chi connectivity index (χ4n) is 3.07. The van der Waals surface area contributed by atoms with Gasteiger partial charge in [0.2, 0.25) is 0 Å². The molecular formula is C19H25N3O7. The Bertz CT molecular complexity index is 869. The van der Waals surface area contributed by atoms with Gasteiger partial charge >= 0.3 is 23.9 Å². The van der Waals surface area contributed by atoms with Crippen molar-refractivity contribution in [2.75, 3.05) is 19.8 Å². The van der Waals surface area contributed by atoms with Gasteiger partial charge in [0.15, 0.2) is 0 Å². The molecule has 0 spiro atoms. The fraction of sp³-hybridized carbons (Fsp3) is 0.474. The second-order valence-corrected chi connectivity index (χ2v) is 6.35. The molecule has 2 heterocycles. The Balaban J connectivity index is 2.23. The highest BCUT2D eigenvalue weighted by Gasteiger charge is 2.31. The molecule has 0 aliphatic carbocycles. The quantitative estimate of drug-likeness (QED) is 0.460. The molecule has 1 aromatic heterocycles. The van der Waals surface area contributed by atoms with Crippen LogP contribution in [0, 0.1) is 13.8 Å². The van der Waals surface area contributed by atoms with Gasteiger partial charge in [-0.05, 0) is 40.2 Å². The summed E-state index contributed by atoms with van der Waals surface area (Å²) in [5.41, 5.74) is 1.55. The highest BCUT2D eigenvalue weighted by Crippen LogP contribution is 2.21. The lowest BCUT2D eigenvalue weighted by atomic mass is 10.0. The Morgan fingerprint density at radius 3 is 2.21 bits per heavy atom. The summed E-state index contributed by atoms with van der Waals surface area (Å²) in [7, 11) is 0. The Morgan fingerprint density at radius 2 is 1.59 bits per heavy atom. The predicted octanol–water partition coefficient (Wildman–Crippen LogP) is 1.48. The van der Waals surface area contributed by atoms with Gasteiger partial charge in [-0.2, -0.15) is 0 Å². The van der Waals surface area contributed by atoms with Crippen LogP contribution in [0.25, 0.3) is 0 Å². The minimum atomic E-state index is -0.739. The third-order valence-electron chi connectivity index (χ3n) is 4.33. The Labute approximate surface area is 168 Å². The number of nitrogens with one attached hydrogen (secondary N) is 3. The predicted molar refractivity (Wildman–Crippen MR) is 101 cm³/mol. The lowest BCUT2D eigenvalue weighted by Crippen LogP contribution is -2.50. The summed E-state index contributed by atoms with van der Waals surface area (Å²) in [5, 5.41) is 5.03. The van der Waals surface area contributed by atoms with Crippen LogP contribution in [-0.2, 0) is 19.0 Å². The third-order valence-corrected chi connectivity index (χ3v) is 4.33. The lowest BCUT2D eigenvalue weighted by Gasteiger charge is -2.26. The second kappa shape index (κ2) is 9.26. The standard InChI is InChI=1S/C19H25N3O7/c1-6-27-16(23)13-9(3)15(20-10(13)4)18(25)29-8-12-14(17(24)28-7-2)11(5)21-19(26)22-12/h11,20H,6-8H2,1-5H3,(H2,21,22,26)/t11-/m1/s1. The number of rotatable bonds is 7. The number of H-pyrrole nitrogens is 1. The number of carbonyl (C=O) groups excluding carboxylic acids is 4. The molecule has 0 fully saturated rings. The highest BCUT2D eigenvalue weighted by atomic mass is 16.5. The van der Waals surface area contributed by atoms with E-state index in [0.29, 0.717) is 11.3 Å². The molecule has 1 aliphatic rings. The first-order valence-electron chi connectivity index (χ1n) is 9.22. The highest BCUT2D eigenvalue weighted by molar-refractivity contribution is 5.99. The first kappa shape index (κ1) is 22.0. The third kappa shape index (κ3) is 4.76. The number of aryl methyl sites for hydroxylation is 1. The summed E-state index contributed by atoms with van der Waals surface area (Å²) < 4.78 is 15.3. The van der Waals surface area contributed by atoms with E-state index in [-0.39, 0.29) is 42.3 Å². The summed E-state index contributed by atoms with van der Waals surface area (Å²) in [5.74, 6) is -1.89. The summed E-state index contributed by atoms with van der Waals surface area (Å²) in [6.07, 6.45) is 0. The molecule has 10 nitrogen and oxygen atoms in total. The Hall–Kier alpha value is -3.30. The van der Waals surface area contributed by atoms with E-state index < -0.39 is 30.0 Å². The molecular weight excluding hydrogens is 382 g/mol. The van der Waals surface area contributed by atoms with Gasteiger partial charge in [-0.1, -0.05) is 0 Å². The van der Waals surface area contributed by atoms with Crippen molar-refractivity contribution in [3.63, 3.8) is 0 Å². The fourth-order valence-corrected chi connectivity index (χ4v) is 3.07. The number of esters is 3. The van der Waals surface area contributed by atoms with Crippen molar-refractivity contribution in [2.24, 2.45) is 0 Å². The van der Waals surface area contributed by atoms with Crippen LogP contribution < -0.4 is 10.6 Å². The van der Waals surface area contributed by atoms with Crippen LogP contribution in [0.1, 0.15) is 52.9 Å². The summed E-state index contributed by atoms with van der Waals surface area (Å²) in [6, 6.07) is -1.13. The van der Waals surface area contributed by atoms with E-state index in [2.05, 4.69) is 15.6 Å². The molecule has 0 unspecified atom stereocenters. The van der Waals surface area contributed by atoms with E-state index in [1.165, 1.54) is 0 Å². The minimum Gasteiger partial charge on any atom is -0.463 e. The van der Waals surface area contributed by atoms with Gasteiger partial charge in [-0.3, -0.25) is 0 Å². The van der Waals surface area contributed by atoms with Gasteiger partial charge in [0, 0.05) is 5.69 Å². The molecule has 1 aromatic rings. The van der Waals surface area contributed by atoms with E-state index in [1.807, 2.05) is 0 Å². The van der Waals surface area contributed by atoms with Gasteiger partial charge in [-0.25, -0.2) is 19.2 Å². The number of hydrogen-bond acceptors (Lipinski definition) is 7. The zero-order valence-corrected chi connectivity index (χ0v) is 17.1. The Morgan fingerprint density at radius 1 is 0.966 bits per heavy atom. The van der Waals surface area contributed by atoms with Crippen LogP contribution in [0.2, 0.25) is 0 Å². The van der Waals surface area contributed by atoms with Crippen LogP contribution in [0.5, 0.6) is 0 Å². The van der Waals surface area contributed by atoms with Crippen molar-refractivity contribution in [1.29, 1.82) is 0 Å². The molecule has 0 radical (unpaired) electrons. The van der Waals surface area contributed by atoms with Crippen molar-refractivity contribution in [2.45, 2.75) is 40.7 Å². The normalized spacial score (nSPS) is 16.0. The molecule has 0 bridgehead atoms. The molecule has 1 atom stereocenters. The number of aromatic nitrogens is 1. The lowest BCUT2D eigenvalue weighted by molar-refractivity contribution is -0.139. The van der Waals surface area contributed by atoms with Gasteiger partial charge in [0.25, 0.3) is 0 Å². The second-order valence-electron chi connectivity index (χ2n) is 6.35. The molecule has 158 valence electrons. The molecule has 3 N–H and O–H groups in total. The SMILES string of the molecule is CCOC(=O)C1=C(COC(=O)c2[nH]c(C)c(C(=O)OCC)c2C)NC(=O)N[C@@H]1C. The first-order valence-corrected chi connectivity index (χ1v) is 9.22. The maximum atomic E-state index is 12.5. The van der Waals surface area contributed by atoms with Gasteiger partial charge in [0.05, 0.1) is 36.1 Å². The van der Waals surface area contributed by atoms with E-state index in [0.717, 1.165) is 0 Å². The van der Waals surface area contributed by atoms with Crippen LogP contribution in [0.15, 0.2) is 11.3 Å². The zero-order valence-electron chi connectivity index (χ0n) is 17.1. The number of ether oxygens (including phenoxy) is 3. The summed E-state index contributed by atoms with van der Waals surface area (Å²) in [4.78, 5) is 51.4. The number of urea groups is 1. The van der Waals surface area contributed by atoms with Crippen LogP contribution in [0.3, 0.4) is 0 Å². The van der Waals surface area contributed by atoms with E-state index in [1.54, 1.807) is 34.6 Å². The number of aromatic amines is 1. The van der Waals surface area contributed by atoms with Crippen LogP contribution in [0.4, 0.5) is 4.79 Å². The first-order chi connectivity index (χ1) is 13.7. The van der Waals surface area contributed by atoms with Crippen LogP contribution >= 0.6 is 0 Å². The van der Waals surface area contributed by atoms with Crippen molar-refractivity contribution in [1.82, 2.24) is 15.6 Å². The average Bonchev–Trinajstić information content (AvgIpc) is 2.93. The Kier molecular flexibility index (Phi) is 7.03. The molecule has 10 heteroatoms. The van der Waals surface area contributed by atoms with Crippen LogP contribution in [-0.4, -0.2) is 54.8 Å². The maximum Gasteiger partial charge on any atom is 0.355 e. The van der Waals surface area contributed by atoms with E-state index in [9.17, 15) is 19.2 Å². The van der Waals surface area contributed by atoms with E-state index >= 15 is 0 Å². The molecule has 1 aliphatic heterocycles. The maximum absolute atomic E-state index is 12.5. The van der Waals surface area contributed by atoms with Crippen molar-refractivity contribution in [3.05, 3.63) is 33.8 Å². The zero-order chi connectivity index (χ0) is 21.7. The summed E-state index contributed by atoms with van der Waals surface area (Å²) >= 11 is 0. The van der Waals surface area contributed by atoms with Crippen molar-refractivity contribution < 1.29 is 33.4 Å². The minimum absolute atomic E-state index is 0.0946. The molecule has 2 rings (SSSR count). The van der Waals surface area contributed by atoms with E-state index in [4.69, 9.17) is 14.2 Å². The summed E-state index contributed by atoms with van der Waals surface area (Å²) in [6.45, 7) is 8.24. The molecule has 2 amide bonds. The molecule has 0 saturated heterocycles. The van der Waals surface area contributed by atoms with Crippen molar-refractivity contribution >= 4 is 23.9 Å². The number of hydrogen-bond donors (Lipinski definition) is 3. The average molecular weight is 407 g/mol. The van der Waals surface area contributed by atoms with Gasteiger partial charge < -0.3 is 29.8 Å². The topological polar surface area (TPSA) is 136 Å². The number of amides is 2. The van der Waals surface area contributed by atoms with Gasteiger partial charge in [0.1, 0.15) is 12.3 Å². The number of carbonyl (C=O) groups is 4.